The smallest absolute Gasteiger partial charge is 0.0576 e. The Hall–Kier alpha value is -0.860. The van der Waals surface area contributed by atoms with Crippen LogP contribution in [0.2, 0.25) is 0 Å². The summed E-state index contributed by atoms with van der Waals surface area (Å²) in [6, 6.07) is 9.66. The summed E-state index contributed by atoms with van der Waals surface area (Å²) in [4.78, 5) is 0. The van der Waals surface area contributed by atoms with Crippen molar-refractivity contribution in [3.8, 4) is 0 Å². The first-order valence-electron chi connectivity index (χ1n) is 8.71. The maximum absolute atomic E-state index is 5.79. The van der Waals surface area contributed by atoms with Gasteiger partial charge in [-0.15, -0.1) is 0 Å². The molecule has 2 unspecified atom stereocenters. The molecule has 2 aliphatic rings. The molecular formula is C19H29NO. The molecule has 1 aromatic carbocycles. The van der Waals surface area contributed by atoms with Gasteiger partial charge in [-0.05, 0) is 75.5 Å². The van der Waals surface area contributed by atoms with E-state index in [1.54, 1.807) is 0 Å². The monoisotopic (exact) mass is 287 g/mol. The van der Waals surface area contributed by atoms with Gasteiger partial charge in [-0.1, -0.05) is 24.3 Å². The minimum Gasteiger partial charge on any atom is -0.378 e. The molecule has 0 radical (unpaired) electrons. The van der Waals surface area contributed by atoms with Crippen LogP contribution in [-0.4, -0.2) is 25.3 Å². The fourth-order valence-electron chi connectivity index (χ4n) is 3.34. The Morgan fingerprint density at radius 2 is 2.10 bits per heavy atom. The highest BCUT2D eigenvalue weighted by molar-refractivity contribution is 5.26. The lowest BCUT2D eigenvalue weighted by Crippen LogP contribution is -2.27. The van der Waals surface area contributed by atoms with E-state index in [4.69, 9.17) is 4.74 Å². The minimum absolute atomic E-state index is 0.533. The van der Waals surface area contributed by atoms with Crippen LogP contribution in [0.25, 0.3) is 0 Å². The normalized spacial score (nSPS) is 23.4. The molecule has 0 spiro atoms. The van der Waals surface area contributed by atoms with Gasteiger partial charge < -0.3 is 10.1 Å². The second-order valence-electron chi connectivity index (χ2n) is 6.89. The van der Waals surface area contributed by atoms with Crippen molar-refractivity contribution in [2.75, 3.05) is 13.2 Å². The van der Waals surface area contributed by atoms with E-state index in [0.717, 1.165) is 18.6 Å². The topological polar surface area (TPSA) is 21.3 Å². The lowest BCUT2D eigenvalue weighted by Gasteiger charge is -2.20. The Morgan fingerprint density at radius 3 is 2.81 bits per heavy atom. The Morgan fingerprint density at radius 1 is 1.24 bits per heavy atom. The molecule has 1 aliphatic carbocycles. The molecule has 1 heterocycles. The molecule has 2 atom stereocenters. The van der Waals surface area contributed by atoms with Crippen LogP contribution in [0.4, 0.5) is 0 Å². The number of ether oxygens (including phenoxy) is 1. The summed E-state index contributed by atoms with van der Waals surface area (Å²) < 4.78 is 5.79. The highest BCUT2D eigenvalue weighted by atomic mass is 16.5. The zero-order valence-corrected chi connectivity index (χ0v) is 13.3. The van der Waals surface area contributed by atoms with Gasteiger partial charge in [-0.25, -0.2) is 0 Å². The van der Waals surface area contributed by atoms with Gasteiger partial charge in [-0.3, -0.25) is 0 Å². The first-order chi connectivity index (χ1) is 10.3. The van der Waals surface area contributed by atoms with Crippen molar-refractivity contribution in [3.63, 3.8) is 0 Å². The fourth-order valence-corrected chi connectivity index (χ4v) is 3.34. The minimum atomic E-state index is 0.533. The number of rotatable bonds is 8. The lowest BCUT2D eigenvalue weighted by atomic mass is 9.91. The van der Waals surface area contributed by atoms with Gasteiger partial charge in [0.2, 0.25) is 0 Å². The van der Waals surface area contributed by atoms with Gasteiger partial charge in [0.25, 0.3) is 0 Å². The van der Waals surface area contributed by atoms with Crippen LogP contribution in [0.5, 0.6) is 0 Å². The molecule has 1 N–H and O–H groups in total. The van der Waals surface area contributed by atoms with Gasteiger partial charge in [0.1, 0.15) is 0 Å². The van der Waals surface area contributed by atoms with Crippen LogP contribution >= 0.6 is 0 Å². The van der Waals surface area contributed by atoms with Gasteiger partial charge in [0.15, 0.2) is 0 Å². The average Bonchev–Trinajstić information content (AvgIpc) is 3.18. The van der Waals surface area contributed by atoms with Crippen LogP contribution in [0.1, 0.15) is 49.7 Å². The summed E-state index contributed by atoms with van der Waals surface area (Å²) in [6.45, 7) is 4.39. The molecule has 116 valence electrons. The van der Waals surface area contributed by atoms with Crippen molar-refractivity contribution in [2.24, 2.45) is 5.92 Å². The SMILES string of the molecule is Cc1ccccc1CC(CCC1CCCO1)CNC1CC1. The quantitative estimate of drug-likeness (QED) is 0.784. The fraction of sp³-hybridized carbons (Fsp3) is 0.684. The third kappa shape index (κ3) is 4.82. The number of nitrogens with one attached hydrogen (secondary N) is 1. The highest BCUT2D eigenvalue weighted by Crippen LogP contribution is 2.24. The summed E-state index contributed by atoms with van der Waals surface area (Å²) >= 11 is 0. The molecule has 2 nitrogen and oxygen atoms in total. The second-order valence-corrected chi connectivity index (χ2v) is 6.89. The number of benzene rings is 1. The van der Waals surface area contributed by atoms with Crippen molar-refractivity contribution in [1.29, 1.82) is 0 Å². The standard InChI is InChI=1S/C19H29NO/c1-15-5-2-3-6-17(15)13-16(14-20-18-9-10-18)8-11-19-7-4-12-21-19/h2-3,5-6,16,18-20H,4,7-14H2,1H3. The predicted molar refractivity (Wildman–Crippen MR) is 87.6 cm³/mol. The van der Waals surface area contributed by atoms with E-state index in [1.807, 2.05) is 0 Å². The largest absolute Gasteiger partial charge is 0.378 e. The number of hydrogen-bond acceptors (Lipinski definition) is 2. The van der Waals surface area contributed by atoms with Crippen molar-refractivity contribution < 1.29 is 4.74 Å². The molecule has 2 heteroatoms. The molecule has 21 heavy (non-hydrogen) atoms. The van der Waals surface area contributed by atoms with Gasteiger partial charge in [0.05, 0.1) is 6.10 Å². The Labute approximate surface area is 129 Å². The van der Waals surface area contributed by atoms with Gasteiger partial charge in [0, 0.05) is 12.6 Å². The van der Waals surface area contributed by atoms with E-state index in [9.17, 15) is 0 Å². The third-order valence-electron chi connectivity index (χ3n) is 4.96. The average molecular weight is 287 g/mol. The molecule has 1 saturated carbocycles. The molecule has 0 bridgehead atoms. The van der Waals surface area contributed by atoms with E-state index >= 15 is 0 Å². The van der Waals surface area contributed by atoms with Crippen molar-refractivity contribution in [1.82, 2.24) is 5.32 Å². The van der Waals surface area contributed by atoms with E-state index in [-0.39, 0.29) is 0 Å². The molecule has 0 aromatic heterocycles. The summed E-state index contributed by atoms with van der Waals surface area (Å²) in [6.07, 6.45) is 9.55. The van der Waals surface area contributed by atoms with Crippen LogP contribution in [0.15, 0.2) is 24.3 Å². The Bertz CT molecular complexity index is 435. The van der Waals surface area contributed by atoms with Crippen LogP contribution in [0, 0.1) is 12.8 Å². The molecule has 3 rings (SSSR count). The summed E-state index contributed by atoms with van der Waals surface area (Å²) in [5.74, 6) is 0.746. The lowest BCUT2D eigenvalue weighted by molar-refractivity contribution is 0.0979. The second kappa shape index (κ2) is 7.42. The Balaban J connectivity index is 1.53. The molecule has 1 saturated heterocycles. The molecule has 2 fully saturated rings. The zero-order valence-electron chi connectivity index (χ0n) is 13.3. The van der Waals surface area contributed by atoms with Gasteiger partial charge >= 0.3 is 0 Å². The summed E-state index contributed by atoms with van der Waals surface area (Å²) in [5.41, 5.74) is 2.96. The first kappa shape index (κ1) is 15.1. The van der Waals surface area contributed by atoms with E-state index in [1.165, 1.54) is 62.6 Å². The van der Waals surface area contributed by atoms with Gasteiger partial charge in [-0.2, -0.15) is 0 Å². The van der Waals surface area contributed by atoms with E-state index in [0.29, 0.717) is 6.10 Å². The third-order valence-corrected chi connectivity index (χ3v) is 4.96. The number of aryl methyl sites for hydroxylation is 1. The predicted octanol–water partition coefficient (Wildman–Crippen LogP) is 3.86. The molecule has 0 amide bonds. The Kier molecular flexibility index (Phi) is 5.32. The first-order valence-corrected chi connectivity index (χ1v) is 8.71. The van der Waals surface area contributed by atoms with Crippen molar-refractivity contribution >= 4 is 0 Å². The van der Waals surface area contributed by atoms with Crippen LogP contribution in [0.3, 0.4) is 0 Å². The van der Waals surface area contributed by atoms with Crippen molar-refractivity contribution in [3.05, 3.63) is 35.4 Å². The van der Waals surface area contributed by atoms with E-state index < -0.39 is 0 Å². The van der Waals surface area contributed by atoms with Crippen molar-refractivity contribution in [2.45, 2.75) is 64.0 Å². The maximum Gasteiger partial charge on any atom is 0.0576 e. The molecule has 1 aromatic rings. The van der Waals surface area contributed by atoms with Crippen LogP contribution in [-0.2, 0) is 11.2 Å². The van der Waals surface area contributed by atoms with Crippen LogP contribution < -0.4 is 5.32 Å². The number of hydrogen-bond donors (Lipinski definition) is 1. The van der Waals surface area contributed by atoms with E-state index in [2.05, 4.69) is 36.5 Å². The molecule has 1 aliphatic heterocycles. The maximum atomic E-state index is 5.79. The summed E-state index contributed by atoms with van der Waals surface area (Å²) in [7, 11) is 0. The zero-order chi connectivity index (χ0) is 14.5. The molecular weight excluding hydrogens is 258 g/mol. The summed E-state index contributed by atoms with van der Waals surface area (Å²) in [5, 5.41) is 3.73. The highest BCUT2D eigenvalue weighted by Gasteiger charge is 2.23.